The van der Waals surface area contributed by atoms with Gasteiger partial charge in [-0.05, 0) is 45.4 Å². The lowest BCUT2D eigenvalue weighted by Crippen LogP contribution is -2.57. The molecule has 196 valence electrons. The topological polar surface area (TPSA) is 87.1 Å². The van der Waals surface area contributed by atoms with Crippen molar-refractivity contribution >= 4 is 29.5 Å². The van der Waals surface area contributed by atoms with Gasteiger partial charge in [0, 0.05) is 17.8 Å². The van der Waals surface area contributed by atoms with Crippen molar-refractivity contribution in [3.63, 3.8) is 0 Å². The van der Waals surface area contributed by atoms with E-state index in [0.29, 0.717) is 39.0 Å². The zero-order chi connectivity index (χ0) is 25.8. The Morgan fingerprint density at radius 2 is 2.03 bits per heavy atom. The van der Waals surface area contributed by atoms with E-state index in [2.05, 4.69) is 20.1 Å². The summed E-state index contributed by atoms with van der Waals surface area (Å²) in [6.45, 7) is 14.6. The highest BCUT2D eigenvalue weighted by Gasteiger charge is 2.78. The molecule has 0 aliphatic carbocycles. The molecule has 3 heterocycles. The van der Waals surface area contributed by atoms with E-state index in [1.54, 1.807) is 33.7 Å². The fourth-order valence-electron chi connectivity index (χ4n) is 6.27. The zero-order valence-corrected chi connectivity index (χ0v) is 22.4. The normalized spacial score (nSPS) is 31.8. The van der Waals surface area contributed by atoms with E-state index in [1.165, 1.54) is 0 Å². The molecule has 2 unspecified atom stereocenters. The number of aliphatic hydroxyl groups excluding tert-OH is 1. The molecule has 7 nitrogen and oxygen atoms in total. The average Bonchev–Trinajstić information content (AvgIpc) is 3.41. The Balaban J connectivity index is 2.01. The summed E-state index contributed by atoms with van der Waals surface area (Å²) in [5.74, 6) is -1.86. The lowest BCUT2D eigenvalue weighted by Gasteiger charge is -2.39. The van der Waals surface area contributed by atoms with Gasteiger partial charge in [0.2, 0.25) is 11.8 Å². The number of ether oxygens (including phenoxy) is 1. The van der Waals surface area contributed by atoms with Crippen LogP contribution in [0.4, 0.5) is 0 Å². The number of thioether (sulfide) groups is 1. The summed E-state index contributed by atoms with van der Waals surface area (Å²) < 4.78 is 4.51. The molecule has 3 saturated heterocycles. The second-order valence-electron chi connectivity index (χ2n) is 10.2. The van der Waals surface area contributed by atoms with Crippen LogP contribution in [0.3, 0.4) is 0 Å². The predicted molar refractivity (Wildman–Crippen MR) is 139 cm³/mol. The molecule has 3 rings (SSSR count). The average molecular weight is 507 g/mol. The molecule has 8 heteroatoms. The van der Waals surface area contributed by atoms with Gasteiger partial charge in [-0.2, -0.15) is 0 Å². The molecule has 35 heavy (non-hydrogen) atoms. The Morgan fingerprint density at radius 1 is 1.29 bits per heavy atom. The summed E-state index contributed by atoms with van der Waals surface area (Å²) in [6.07, 6.45) is 8.74. The largest absolute Gasteiger partial charge is 0.465 e. The van der Waals surface area contributed by atoms with E-state index in [0.717, 1.165) is 25.7 Å². The summed E-state index contributed by atoms with van der Waals surface area (Å²) >= 11 is 1.64. The molecule has 0 saturated carbocycles. The van der Waals surface area contributed by atoms with Crippen molar-refractivity contribution in [3.05, 3.63) is 25.3 Å². The van der Waals surface area contributed by atoms with Crippen molar-refractivity contribution in [1.82, 2.24) is 9.80 Å². The monoisotopic (exact) mass is 506 g/mol. The van der Waals surface area contributed by atoms with E-state index >= 15 is 0 Å². The number of allylic oxidation sites excluding steroid dienone is 1. The van der Waals surface area contributed by atoms with Crippen LogP contribution < -0.4 is 0 Å². The van der Waals surface area contributed by atoms with Gasteiger partial charge >= 0.3 is 5.97 Å². The smallest absolute Gasteiger partial charge is 0.311 e. The Hall–Kier alpha value is -1.80. The number of fused-ring (bicyclic) bond motifs is 1. The molecular formula is C27H42N2O5S. The number of hydrogen-bond acceptors (Lipinski definition) is 6. The highest BCUT2D eigenvalue weighted by molar-refractivity contribution is 8.02. The van der Waals surface area contributed by atoms with Crippen LogP contribution in [0.15, 0.2) is 25.3 Å². The van der Waals surface area contributed by atoms with Crippen molar-refractivity contribution in [3.8, 4) is 0 Å². The van der Waals surface area contributed by atoms with E-state index in [9.17, 15) is 19.5 Å². The van der Waals surface area contributed by atoms with Crippen molar-refractivity contribution in [2.75, 3.05) is 26.3 Å². The first-order valence-corrected chi connectivity index (χ1v) is 13.9. The maximum atomic E-state index is 14.1. The molecule has 3 aliphatic rings. The third-order valence-electron chi connectivity index (χ3n) is 8.02. The minimum Gasteiger partial charge on any atom is -0.465 e. The Bertz CT molecular complexity index is 830. The Morgan fingerprint density at radius 3 is 2.63 bits per heavy atom. The zero-order valence-electron chi connectivity index (χ0n) is 21.5. The van der Waals surface area contributed by atoms with Gasteiger partial charge in [0.25, 0.3) is 0 Å². The van der Waals surface area contributed by atoms with Gasteiger partial charge in [-0.25, -0.2) is 0 Å². The molecule has 2 bridgehead atoms. The van der Waals surface area contributed by atoms with Crippen molar-refractivity contribution in [2.45, 2.75) is 87.3 Å². The lowest BCUT2D eigenvalue weighted by molar-refractivity contribution is -0.156. The number of nitrogens with zero attached hydrogens (tertiary/aromatic N) is 2. The van der Waals surface area contributed by atoms with E-state index in [-0.39, 0.29) is 24.4 Å². The van der Waals surface area contributed by atoms with Crippen molar-refractivity contribution in [2.24, 2.45) is 11.8 Å². The van der Waals surface area contributed by atoms with Crippen LogP contribution in [-0.2, 0) is 19.1 Å². The second kappa shape index (κ2) is 11.5. The van der Waals surface area contributed by atoms with Crippen LogP contribution in [-0.4, -0.2) is 80.6 Å². The first kappa shape index (κ1) is 27.8. The summed E-state index contributed by atoms with van der Waals surface area (Å²) in [6, 6.07) is -1.18. The quantitative estimate of drug-likeness (QED) is 0.220. The fraction of sp³-hybridized carbons (Fsp3) is 0.741. The molecule has 2 amide bonds. The first-order valence-electron chi connectivity index (χ1n) is 13.1. The summed E-state index contributed by atoms with van der Waals surface area (Å²) in [5.41, 5.74) is 0. The van der Waals surface area contributed by atoms with Crippen LogP contribution in [0.5, 0.6) is 0 Å². The first-order chi connectivity index (χ1) is 16.8. The maximum Gasteiger partial charge on any atom is 0.311 e. The summed E-state index contributed by atoms with van der Waals surface area (Å²) in [7, 11) is 0. The number of carbonyl (C=O) groups excluding carboxylic acids is 3. The Labute approximate surface area is 214 Å². The number of likely N-dealkylation sites (tertiary alicyclic amines) is 1. The number of unbranched alkanes of at least 4 members (excludes halogenated alkanes) is 2. The molecule has 3 fully saturated rings. The standard InChI is InChI=1S/C27H42N2O5S/c1-6-10-12-17-34-25(33)21-20-23(31)29(19(9-4)18-30)22(27(20)14-13-26(21,5)35-27)24(32)28(15-8-3)16-11-7-2/h6,8,19-22,30H,1,3,7,9-18H2,2,4-5H3/t19-,20-,21+,22?,26-,27?/m0/s1. The number of carbonyl (C=O) groups is 3. The molecule has 1 spiro atoms. The third-order valence-corrected chi connectivity index (χ3v) is 10.0. The van der Waals surface area contributed by atoms with Crippen LogP contribution in [0, 0.1) is 11.8 Å². The van der Waals surface area contributed by atoms with Crippen LogP contribution in [0.1, 0.15) is 65.7 Å². The Kier molecular flexibility index (Phi) is 9.13. The third kappa shape index (κ3) is 4.80. The lowest BCUT2D eigenvalue weighted by atomic mass is 9.66. The molecule has 0 aromatic carbocycles. The minimum atomic E-state index is -0.709. The van der Waals surface area contributed by atoms with Gasteiger partial charge in [0.15, 0.2) is 0 Å². The van der Waals surface area contributed by atoms with E-state index in [4.69, 9.17) is 4.74 Å². The number of rotatable bonds is 14. The SMILES string of the molecule is C=CCCCOC(=O)[C@H]1[C@H]2C(=O)N([C@@H](CC)CO)C(C(=O)N(CC=C)CCCC)C23CC[C@]1(C)S3. The molecule has 0 aromatic heterocycles. The van der Waals surface area contributed by atoms with Crippen LogP contribution >= 0.6 is 11.8 Å². The van der Waals surface area contributed by atoms with Crippen molar-refractivity contribution in [1.29, 1.82) is 0 Å². The van der Waals surface area contributed by atoms with Gasteiger partial charge in [-0.15, -0.1) is 24.9 Å². The highest BCUT2D eigenvalue weighted by Crippen LogP contribution is 2.71. The van der Waals surface area contributed by atoms with Gasteiger partial charge in [-0.3, -0.25) is 14.4 Å². The van der Waals surface area contributed by atoms with E-state index in [1.807, 2.05) is 13.8 Å². The van der Waals surface area contributed by atoms with Crippen molar-refractivity contribution < 1.29 is 24.2 Å². The van der Waals surface area contributed by atoms with Gasteiger partial charge < -0.3 is 19.6 Å². The second-order valence-corrected chi connectivity index (χ2v) is 12.1. The predicted octanol–water partition coefficient (Wildman–Crippen LogP) is 3.56. The number of hydrogen-bond donors (Lipinski definition) is 1. The van der Waals surface area contributed by atoms with Gasteiger partial charge in [-0.1, -0.05) is 32.4 Å². The molecular weight excluding hydrogens is 464 g/mol. The van der Waals surface area contributed by atoms with E-state index < -0.39 is 33.4 Å². The minimum absolute atomic E-state index is 0.0992. The van der Waals surface area contributed by atoms with Crippen LogP contribution in [0.2, 0.25) is 0 Å². The number of amides is 2. The fourth-order valence-corrected chi connectivity index (χ4v) is 8.59. The summed E-state index contributed by atoms with van der Waals surface area (Å²) in [5, 5.41) is 10.2. The van der Waals surface area contributed by atoms with Gasteiger partial charge in [0.05, 0.1) is 35.8 Å². The molecule has 0 aromatic rings. The number of aliphatic hydroxyl groups is 1. The summed E-state index contributed by atoms with van der Waals surface area (Å²) in [4.78, 5) is 45.0. The van der Waals surface area contributed by atoms with Crippen LogP contribution in [0.25, 0.3) is 0 Å². The van der Waals surface area contributed by atoms with Gasteiger partial charge in [0.1, 0.15) is 6.04 Å². The highest BCUT2D eigenvalue weighted by atomic mass is 32.2. The number of esters is 1. The maximum absolute atomic E-state index is 14.1. The molecule has 0 radical (unpaired) electrons. The molecule has 6 atom stereocenters. The molecule has 3 aliphatic heterocycles. The molecule has 1 N–H and O–H groups in total.